The fraction of sp³-hybridized carbons (Fsp3) is 0.360. The number of carbonyl (C=O) groups is 1. The molecule has 5 nitrogen and oxygen atoms in total. The molecule has 2 aromatic rings. The normalized spacial score (nSPS) is 15.7. The Morgan fingerprint density at radius 3 is 2.43 bits per heavy atom. The topological polar surface area (TPSA) is 64.4 Å². The molecular formula is C25H29N3O2. The quantitative estimate of drug-likeness (QED) is 0.374. The maximum atomic E-state index is 13.3. The molecule has 0 atom stereocenters. The fourth-order valence-electron chi connectivity index (χ4n) is 4.01. The van der Waals surface area contributed by atoms with Crippen LogP contribution in [0.15, 0.2) is 59.9 Å². The maximum Gasteiger partial charge on any atom is 0.207 e. The van der Waals surface area contributed by atoms with Crippen LogP contribution in [0.1, 0.15) is 42.6 Å². The molecule has 0 unspecified atom stereocenters. The molecule has 1 heterocycles. The molecule has 0 spiro atoms. The zero-order valence-electron chi connectivity index (χ0n) is 18.2. The van der Waals surface area contributed by atoms with Gasteiger partial charge in [0, 0.05) is 37.5 Å². The molecular weight excluding hydrogens is 374 g/mol. The number of allylic oxidation sites excluding steroid dienone is 2. The lowest BCUT2D eigenvalue weighted by atomic mass is 9.60. The first-order valence-corrected chi connectivity index (χ1v) is 10.2. The second-order valence-corrected chi connectivity index (χ2v) is 7.84. The first-order valence-electron chi connectivity index (χ1n) is 10.2. The zero-order chi connectivity index (χ0) is 21.7. The van der Waals surface area contributed by atoms with Gasteiger partial charge in [0.05, 0.1) is 12.5 Å². The lowest BCUT2D eigenvalue weighted by Gasteiger charge is -2.42. The number of hydrogen-bond donors (Lipinski definition) is 0. The van der Waals surface area contributed by atoms with Gasteiger partial charge in [0.1, 0.15) is 11.6 Å². The number of methoxy groups -OCH3 is 1. The van der Waals surface area contributed by atoms with E-state index in [1.807, 2.05) is 25.4 Å². The van der Waals surface area contributed by atoms with Crippen molar-refractivity contribution < 1.29 is 9.53 Å². The average molecular weight is 404 g/mol. The Labute approximate surface area is 178 Å². The molecule has 1 saturated carbocycles. The summed E-state index contributed by atoms with van der Waals surface area (Å²) < 4.78 is 5.12. The Kier molecular flexibility index (Phi) is 6.60. The summed E-state index contributed by atoms with van der Waals surface area (Å²) in [5, 5.41) is 0. The number of rotatable bonds is 7. The van der Waals surface area contributed by atoms with Crippen LogP contribution < -0.4 is 0 Å². The number of aliphatic imine (C=N–C) groups is 1. The largest absolute Gasteiger partial charge is 0.481 e. The molecule has 1 fully saturated rings. The Hall–Kier alpha value is -3.08. The van der Waals surface area contributed by atoms with E-state index in [1.54, 1.807) is 20.2 Å². The summed E-state index contributed by atoms with van der Waals surface area (Å²) in [7, 11) is 3.23. The van der Waals surface area contributed by atoms with Gasteiger partial charge in [-0.2, -0.15) is 0 Å². The maximum absolute atomic E-state index is 13.3. The second-order valence-electron chi connectivity index (χ2n) is 7.84. The lowest BCUT2D eigenvalue weighted by Crippen LogP contribution is -2.43. The SMILES string of the molecule is C=C(/C=C\C(=N/C)OC)CC(=O)C1(c2ccc(-c3cnc(C)nc3)cc2C)CCC1. The monoisotopic (exact) mass is 403 g/mol. The summed E-state index contributed by atoms with van der Waals surface area (Å²) in [5.74, 6) is 1.49. The number of ether oxygens (including phenoxy) is 1. The van der Waals surface area contributed by atoms with E-state index in [2.05, 4.69) is 46.7 Å². The first kappa shape index (κ1) is 21.6. The van der Waals surface area contributed by atoms with E-state index in [1.165, 1.54) is 0 Å². The van der Waals surface area contributed by atoms with E-state index in [4.69, 9.17) is 4.74 Å². The molecule has 0 radical (unpaired) electrons. The van der Waals surface area contributed by atoms with Gasteiger partial charge in [-0.15, -0.1) is 0 Å². The van der Waals surface area contributed by atoms with E-state index in [9.17, 15) is 4.79 Å². The molecule has 30 heavy (non-hydrogen) atoms. The van der Waals surface area contributed by atoms with Crippen molar-refractivity contribution in [3.63, 3.8) is 0 Å². The van der Waals surface area contributed by atoms with Crippen molar-refractivity contribution in [1.82, 2.24) is 9.97 Å². The highest BCUT2D eigenvalue weighted by Crippen LogP contribution is 2.47. The van der Waals surface area contributed by atoms with Crippen LogP contribution in [0.5, 0.6) is 0 Å². The second kappa shape index (κ2) is 9.16. The number of benzene rings is 1. The predicted octanol–water partition coefficient (Wildman–Crippen LogP) is 4.93. The summed E-state index contributed by atoms with van der Waals surface area (Å²) in [6.45, 7) is 8.01. The van der Waals surface area contributed by atoms with Gasteiger partial charge in [-0.05, 0) is 49.0 Å². The third-order valence-corrected chi connectivity index (χ3v) is 5.88. The van der Waals surface area contributed by atoms with Gasteiger partial charge < -0.3 is 4.74 Å². The minimum atomic E-state index is -0.411. The van der Waals surface area contributed by atoms with Crippen LogP contribution in [0.3, 0.4) is 0 Å². The van der Waals surface area contributed by atoms with Gasteiger partial charge in [-0.3, -0.25) is 9.79 Å². The molecule has 0 aliphatic heterocycles. The molecule has 0 N–H and O–H groups in total. The zero-order valence-corrected chi connectivity index (χ0v) is 18.2. The fourth-order valence-corrected chi connectivity index (χ4v) is 4.01. The number of Topliss-reactive ketones (excluding diaryl/α,β-unsaturated/α-hetero) is 1. The third kappa shape index (κ3) is 4.40. The van der Waals surface area contributed by atoms with Crippen molar-refractivity contribution in [1.29, 1.82) is 0 Å². The van der Waals surface area contributed by atoms with Crippen LogP contribution in [-0.2, 0) is 14.9 Å². The van der Waals surface area contributed by atoms with Crippen LogP contribution in [0.25, 0.3) is 11.1 Å². The summed E-state index contributed by atoms with van der Waals surface area (Å²) in [5.41, 5.74) is 4.65. The van der Waals surface area contributed by atoms with Crippen molar-refractivity contribution in [3.8, 4) is 11.1 Å². The highest BCUT2D eigenvalue weighted by atomic mass is 16.5. The van der Waals surface area contributed by atoms with Crippen molar-refractivity contribution in [2.75, 3.05) is 14.2 Å². The standard InChI is InChI=1S/C25H29N3O2/c1-17(7-10-24(26-4)30-5)13-23(29)25(11-6-12-25)22-9-8-20(14-18(22)2)21-15-27-19(3)28-16-21/h7-10,14-16H,1,6,11-13H2,2-5H3/b10-7-,26-24+. The summed E-state index contributed by atoms with van der Waals surface area (Å²) in [4.78, 5) is 25.9. The number of aromatic nitrogens is 2. The minimum absolute atomic E-state index is 0.227. The highest BCUT2D eigenvalue weighted by Gasteiger charge is 2.45. The van der Waals surface area contributed by atoms with Gasteiger partial charge in [-0.1, -0.05) is 37.3 Å². The van der Waals surface area contributed by atoms with Crippen molar-refractivity contribution in [2.24, 2.45) is 4.99 Å². The smallest absolute Gasteiger partial charge is 0.207 e. The molecule has 3 rings (SSSR count). The van der Waals surface area contributed by atoms with Gasteiger partial charge in [0.2, 0.25) is 5.90 Å². The van der Waals surface area contributed by atoms with Crippen LogP contribution >= 0.6 is 0 Å². The predicted molar refractivity (Wildman–Crippen MR) is 121 cm³/mol. The molecule has 0 saturated heterocycles. The van der Waals surface area contributed by atoms with Gasteiger partial charge in [0.25, 0.3) is 0 Å². The minimum Gasteiger partial charge on any atom is -0.481 e. The van der Waals surface area contributed by atoms with E-state index in [0.717, 1.165) is 52.9 Å². The lowest BCUT2D eigenvalue weighted by molar-refractivity contribution is -0.126. The van der Waals surface area contributed by atoms with Crippen LogP contribution in [0, 0.1) is 13.8 Å². The van der Waals surface area contributed by atoms with Gasteiger partial charge in [-0.25, -0.2) is 9.97 Å². The third-order valence-electron chi connectivity index (χ3n) is 5.88. The Morgan fingerprint density at radius 1 is 1.20 bits per heavy atom. The highest BCUT2D eigenvalue weighted by molar-refractivity contribution is 5.94. The number of carbonyl (C=O) groups excluding carboxylic acids is 1. The van der Waals surface area contributed by atoms with E-state index in [0.29, 0.717) is 12.3 Å². The molecule has 1 aliphatic carbocycles. The molecule has 0 amide bonds. The molecule has 5 heteroatoms. The van der Waals surface area contributed by atoms with Gasteiger partial charge >= 0.3 is 0 Å². The average Bonchev–Trinajstić information content (AvgIpc) is 2.69. The van der Waals surface area contributed by atoms with Crippen molar-refractivity contribution in [2.45, 2.75) is 44.9 Å². The Bertz CT molecular complexity index is 1000. The summed E-state index contributed by atoms with van der Waals surface area (Å²) >= 11 is 0. The van der Waals surface area contributed by atoms with E-state index >= 15 is 0 Å². The summed E-state index contributed by atoms with van der Waals surface area (Å²) in [6, 6.07) is 6.31. The van der Waals surface area contributed by atoms with Crippen molar-refractivity contribution in [3.05, 3.63) is 71.8 Å². The molecule has 1 aromatic heterocycles. The Balaban J connectivity index is 1.81. The van der Waals surface area contributed by atoms with Crippen LogP contribution in [0.4, 0.5) is 0 Å². The number of aryl methyl sites for hydroxylation is 2. The van der Waals surface area contributed by atoms with Gasteiger partial charge in [0.15, 0.2) is 0 Å². The van der Waals surface area contributed by atoms with Crippen LogP contribution in [-0.4, -0.2) is 35.8 Å². The number of nitrogens with zero attached hydrogens (tertiary/aromatic N) is 3. The number of hydrogen-bond acceptors (Lipinski definition) is 5. The van der Waals surface area contributed by atoms with E-state index < -0.39 is 5.41 Å². The first-order chi connectivity index (χ1) is 14.4. The summed E-state index contributed by atoms with van der Waals surface area (Å²) in [6.07, 6.45) is 10.4. The molecule has 0 bridgehead atoms. The molecule has 1 aromatic carbocycles. The van der Waals surface area contributed by atoms with E-state index in [-0.39, 0.29) is 5.78 Å². The number of ketones is 1. The molecule has 156 valence electrons. The van der Waals surface area contributed by atoms with Crippen LogP contribution in [0.2, 0.25) is 0 Å². The van der Waals surface area contributed by atoms with Crippen molar-refractivity contribution >= 4 is 11.7 Å². The Morgan fingerprint density at radius 2 is 1.90 bits per heavy atom. The molecule has 1 aliphatic rings.